The lowest BCUT2D eigenvalue weighted by atomic mass is 9.91. The van der Waals surface area contributed by atoms with Gasteiger partial charge in [0.1, 0.15) is 5.41 Å². The van der Waals surface area contributed by atoms with E-state index in [4.69, 9.17) is 0 Å². The van der Waals surface area contributed by atoms with Crippen LogP contribution >= 0.6 is 0 Å². The van der Waals surface area contributed by atoms with E-state index in [-0.39, 0.29) is 11.8 Å². The van der Waals surface area contributed by atoms with Crippen molar-refractivity contribution in [3.63, 3.8) is 0 Å². The van der Waals surface area contributed by atoms with Gasteiger partial charge in [0.05, 0.1) is 0 Å². The summed E-state index contributed by atoms with van der Waals surface area (Å²) >= 11 is 0. The minimum atomic E-state index is -1.01. The van der Waals surface area contributed by atoms with E-state index >= 15 is 0 Å². The van der Waals surface area contributed by atoms with E-state index in [9.17, 15) is 9.59 Å². The normalized spacial score (nSPS) is 11.5. The van der Waals surface area contributed by atoms with Crippen LogP contribution in [0.5, 0.6) is 0 Å². The van der Waals surface area contributed by atoms with Crippen LogP contribution in [0, 0.1) is 5.41 Å². The highest BCUT2D eigenvalue weighted by Gasteiger charge is 2.35. The molecule has 0 aromatic carbocycles. The second kappa shape index (κ2) is 9.75. The Bertz CT molecular complexity index is 301. The summed E-state index contributed by atoms with van der Waals surface area (Å²) in [6, 6.07) is 0. The highest BCUT2D eigenvalue weighted by Crippen LogP contribution is 2.15. The minimum Gasteiger partial charge on any atom is -0.355 e. The van der Waals surface area contributed by atoms with Crippen molar-refractivity contribution in [1.82, 2.24) is 15.5 Å². The van der Waals surface area contributed by atoms with Gasteiger partial charge in [0.25, 0.3) is 0 Å². The van der Waals surface area contributed by atoms with Gasteiger partial charge in [-0.3, -0.25) is 9.59 Å². The number of nitrogens with zero attached hydrogens (tertiary/aromatic N) is 1. The standard InChI is InChI=1S/C15H31N3O2/c1-6-7-8-10-16-13(19)15(2,3)14(20)17-11-9-12-18(4)5/h6-12H2,1-5H3,(H,16,19)(H,17,20). The van der Waals surface area contributed by atoms with Crippen molar-refractivity contribution >= 4 is 11.8 Å². The third kappa shape index (κ3) is 7.48. The second-order valence-electron chi connectivity index (χ2n) is 6.00. The molecule has 0 radical (unpaired) electrons. The van der Waals surface area contributed by atoms with E-state index in [1.165, 1.54) is 0 Å². The predicted octanol–water partition coefficient (Wildman–Crippen LogP) is 1.39. The Morgan fingerprint density at radius 1 is 0.950 bits per heavy atom. The topological polar surface area (TPSA) is 61.4 Å². The van der Waals surface area contributed by atoms with Crippen LogP contribution in [-0.2, 0) is 9.59 Å². The number of hydrogen-bond acceptors (Lipinski definition) is 3. The van der Waals surface area contributed by atoms with Gasteiger partial charge < -0.3 is 15.5 Å². The van der Waals surface area contributed by atoms with Gasteiger partial charge >= 0.3 is 0 Å². The molecule has 0 bridgehead atoms. The van der Waals surface area contributed by atoms with E-state index < -0.39 is 5.41 Å². The fourth-order valence-corrected chi connectivity index (χ4v) is 1.72. The molecule has 0 aromatic heterocycles. The van der Waals surface area contributed by atoms with Gasteiger partial charge in [-0.15, -0.1) is 0 Å². The van der Waals surface area contributed by atoms with Gasteiger partial charge in [0, 0.05) is 13.1 Å². The highest BCUT2D eigenvalue weighted by atomic mass is 16.2. The first-order valence-electron chi connectivity index (χ1n) is 7.53. The van der Waals surface area contributed by atoms with Crippen LogP contribution in [0.15, 0.2) is 0 Å². The summed E-state index contributed by atoms with van der Waals surface area (Å²) in [6.45, 7) is 7.62. The summed E-state index contributed by atoms with van der Waals surface area (Å²) in [4.78, 5) is 26.2. The van der Waals surface area contributed by atoms with Gasteiger partial charge in [0.2, 0.25) is 11.8 Å². The second-order valence-corrected chi connectivity index (χ2v) is 6.00. The Kier molecular flexibility index (Phi) is 9.21. The Hall–Kier alpha value is -1.10. The molecule has 2 amide bonds. The van der Waals surface area contributed by atoms with Crippen LogP contribution in [0.1, 0.15) is 46.5 Å². The number of hydrogen-bond donors (Lipinski definition) is 2. The molecule has 0 fully saturated rings. The van der Waals surface area contributed by atoms with Crippen LogP contribution in [0.25, 0.3) is 0 Å². The van der Waals surface area contributed by atoms with E-state index in [1.807, 2.05) is 14.1 Å². The average molecular weight is 285 g/mol. The molecule has 0 saturated heterocycles. The first-order valence-corrected chi connectivity index (χ1v) is 7.53. The molecular weight excluding hydrogens is 254 g/mol. The van der Waals surface area contributed by atoms with E-state index in [1.54, 1.807) is 13.8 Å². The van der Waals surface area contributed by atoms with Crippen LogP contribution in [0.2, 0.25) is 0 Å². The molecule has 0 aliphatic rings. The summed E-state index contributed by atoms with van der Waals surface area (Å²) in [6.07, 6.45) is 4.05. The fraction of sp³-hybridized carbons (Fsp3) is 0.867. The molecule has 0 aliphatic heterocycles. The quantitative estimate of drug-likeness (QED) is 0.471. The van der Waals surface area contributed by atoms with Gasteiger partial charge in [-0.2, -0.15) is 0 Å². The SMILES string of the molecule is CCCCCNC(=O)C(C)(C)C(=O)NCCCN(C)C. The smallest absolute Gasteiger partial charge is 0.235 e. The monoisotopic (exact) mass is 285 g/mol. The molecule has 0 unspecified atom stereocenters. The summed E-state index contributed by atoms with van der Waals surface area (Å²) in [7, 11) is 3.99. The average Bonchev–Trinajstić information content (AvgIpc) is 2.38. The molecule has 2 N–H and O–H groups in total. The first-order chi connectivity index (χ1) is 9.32. The Morgan fingerprint density at radius 3 is 1.90 bits per heavy atom. The minimum absolute atomic E-state index is 0.196. The molecule has 0 heterocycles. The largest absolute Gasteiger partial charge is 0.355 e. The van der Waals surface area contributed by atoms with E-state index in [0.29, 0.717) is 13.1 Å². The Morgan fingerprint density at radius 2 is 1.45 bits per heavy atom. The van der Waals surface area contributed by atoms with Crippen LogP contribution in [0.4, 0.5) is 0 Å². The third-order valence-electron chi connectivity index (χ3n) is 3.27. The van der Waals surface area contributed by atoms with Crippen molar-refractivity contribution in [2.24, 2.45) is 5.41 Å². The van der Waals surface area contributed by atoms with Gasteiger partial charge in [-0.1, -0.05) is 19.8 Å². The van der Waals surface area contributed by atoms with Crippen molar-refractivity contribution in [3.8, 4) is 0 Å². The summed E-state index contributed by atoms with van der Waals surface area (Å²) in [5.41, 5.74) is -1.01. The molecule has 0 atom stereocenters. The van der Waals surface area contributed by atoms with Crippen molar-refractivity contribution in [1.29, 1.82) is 0 Å². The maximum absolute atomic E-state index is 12.1. The number of nitrogens with one attached hydrogen (secondary N) is 2. The number of amides is 2. The molecule has 5 nitrogen and oxygen atoms in total. The van der Waals surface area contributed by atoms with Gasteiger partial charge in [-0.05, 0) is 47.3 Å². The van der Waals surface area contributed by atoms with Crippen molar-refractivity contribution < 1.29 is 9.59 Å². The number of carbonyl (C=O) groups excluding carboxylic acids is 2. The van der Waals surface area contributed by atoms with Crippen molar-refractivity contribution in [2.75, 3.05) is 33.7 Å². The van der Waals surface area contributed by atoms with Crippen LogP contribution in [0.3, 0.4) is 0 Å². The molecular formula is C15H31N3O2. The molecule has 5 heteroatoms. The first kappa shape index (κ1) is 18.9. The molecule has 0 aromatic rings. The fourth-order valence-electron chi connectivity index (χ4n) is 1.72. The molecule has 0 spiro atoms. The lowest BCUT2D eigenvalue weighted by Gasteiger charge is -2.23. The molecule has 0 aliphatic carbocycles. The van der Waals surface area contributed by atoms with E-state index in [2.05, 4.69) is 22.5 Å². The number of rotatable bonds is 10. The lowest BCUT2D eigenvalue weighted by molar-refractivity contribution is -0.141. The zero-order valence-electron chi connectivity index (χ0n) is 13.7. The summed E-state index contributed by atoms with van der Waals surface area (Å²) in [5.74, 6) is -0.400. The third-order valence-corrected chi connectivity index (χ3v) is 3.27. The highest BCUT2D eigenvalue weighted by molar-refractivity contribution is 6.04. The summed E-state index contributed by atoms with van der Waals surface area (Å²) < 4.78 is 0. The van der Waals surface area contributed by atoms with Crippen molar-refractivity contribution in [2.45, 2.75) is 46.5 Å². The molecule has 20 heavy (non-hydrogen) atoms. The maximum atomic E-state index is 12.1. The van der Waals surface area contributed by atoms with Crippen LogP contribution in [-0.4, -0.2) is 50.4 Å². The predicted molar refractivity (Wildman–Crippen MR) is 82.5 cm³/mol. The Labute approximate surface area is 123 Å². The molecule has 118 valence electrons. The maximum Gasteiger partial charge on any atom is 0.235 e. The van der Waals surface area contributed by atoms with Crippen molar-refractivity contribution in [3.05, 3.63) is 0 Å². The van der Waals surface area contributed by atoms with Gasteiger partial charge in [-0.25, -0.2) is 0 Å². The Balaban J connectivity index is 4.05. The molecule has 0 saturated carbocycles. The lowest BCUT2D eigenvalue weighted by Crippen LogP contribution is -2.48. The van der Waals surface area contributed by atoms with E-state index in [0.717, 1.165) is 32.2 Å². The summed E-state index contributed by atoms with van der Waals surface area (Å²) in [5, 5.41) is 5.67. The zero-order chi connectivity index (χ0) is 15.6. The number of carbonyl (C=O) groups is 2. The zero-order valence-corrected chi connectivity index (χ0v) is 13.7. The van der Waals surface area contributed by atoms with Crippen LogP contribution < -0.4 is 10.6 Å². The number of unbranched alkanes of at least 4 members (excludes halogenated alkanes) is 2. The molecule has 0 rings (SSSR count). The van der Waals surface area contributed by atoms with Gasteiger partial charge in [0.15, 0.2) is 0 Å².